The molecule has 0 atom stereocenters. The lowest BCUT2D eigenvalue weighted by molar-refractivity contribution is -0.144. The molecule has 0 saturated carbocycles. The van der Waals surface area contributed by atoms with Gasteiger partial charge in [-0.1, -0.05) is 23.7 Å². The zero-order valence-electron chi connectivity index (χ0n) is 15.1. The molecule has 0 bridgehead atoms. The molecular weight excluding hydrogens is 435 g/mol. The van der Waals surface area contributed by atoms with E-state index in [-0.39, 0.29) is 13.0 Å². The second kappa shape index (κ2) is 9.47. The number of halogens is 4. The van der Waals surface area contributed by atoms with Crippen LogP contribution in [0.4, 0.5) is 13.2 Å². The Labute approximate surface area is 170 Å². The minimum atomic E-state index is -4.83. The molecule has 0 fully saturated rings. The van der Waals surface area contributed by atoms with Crippen LogP contribution >= 0.6 is 11.6 Å². The van der Waals surface area contributed by atoms with Gasteiger partial charge in [0, 0.05) is 17.1 Å². The zero-order valence-corrected chi connectivity index (χ0v) is 16.7. The molecular formula is C18H17ClF3NO5S. The summed E-state index contributed by atoms with van der Waals surface area (Å²) in [6.45, 7) is -0.591. The van der Waals surface area contributed by atoms with Crippen molar-refractivity contribution in [2.75, 3.05) is 13.7 Å². The maximum Gasteiger partial charge on any atom is 0.417 e. The van der Waals surface area contributed by atoms with Crippen LogP contribution in [0.25, 0.3) is 0 Å². The normalized spacial score (nSPS) is 11.9. The van der Waals surface area contributed by atoms with Crippen LogP contribution in [0, 0.1) is 0 Å². The molecule has 29 heavy (non-hydrogen) atoms. The van der Waals surface area contributed by atoms with E-state index in [1.54, 1.807) is 18.2 Å². The van der Waals surface area contributed by atoms with E-state index in [4.69, 9.17) is 21.1 Å². The lowest BCUT2D eigenvalue weighted by Crippen LogP contribution is -2.28. The van der Waals surface area contributed by atoms with E-state index < -0.39 is 39.2 Å². The van der Waals surface area contributed by atoms with Gasteiger partial charge in [0.2, 0.25) is 10.0 Å². The highest BCUT2D eigenvalue weighted by Gasteiger charge is 2.36. The summed E-state index contributed by atoms with van der Waals surface area (Å²) in [5, 5.41) is 0.410. The summed E-state index contributed by atoms with van der Waals surface area (Å²) in [7, 11) is -3.04. The van der Waals surface area contributed by atoms with E-state index in [0.29, 0.717) is 22.4 Å². The van der Waals surface area contributed by atoms with Crippen LogP contribution in [0.1, 0.15) is 17.5 Å². The first kappa shape index (κ1) is 23.0. The summed E-state index contributed by atoms with van der Waals surface area (Å²) in [5.41, 5.74) is -0.781. The zero-order chi connectivity index (χ0) is 21.7. The van der Waals surface area contributed by atoms with E-state index >= 15 is 0 Å². The third-order valence-corrected chi connectivity index (χ3v) is 5.49. The lowest BCUT2D eigenvalue weighted by Gasteiger charge is -2.13. The highest BCUT2D eigenvalue weighted by Crippen LogP contribution is 2.33. The molecule has 0 heterocycles. The Balaban J connectivity index is 1.95. The van der Waals surface area contributed by atoms with Crippen molar-refractivity contribution >= 4 is 27.6 Å². The van der Waals surface area contributed by atoms with Crippen LogP contribution in [0.3, 0.4) is 0 Å². The number of sulfonamides is 1. The molecule has 0 aliphatic rings. The molecule has 0 unspecified atom stereocenters. The Morgan fingerprint density at radius 2 is 1.86 bits per heavy atom. The molecule has 11 heteroatoms. The van der Waals surface area contributed by atoms with Crippen molar-refractivity contribution in [3.05, 3.63) is 58.6 Å². The topological polar surface area (TPSA) is 81.7 Å². The third kappa shape index (κ3) is 6.34. The number of rotatable bonds is 8. The molecule has 0 spiro atoms. The number of ether oxygens (including phenoxy) is 2. The average molecular weight is 452 g/mol. The van der Waals surface area contributed by atoms with Crippen molar-refractivity contribution in [2.45, 2.75) is 24.1 Å². The molecule has 0 radical (unpaired) electrons. The number of alkyl halides is 3. The molecule has 2 aromatic carbocycles. The highest BCUT2D eigenvalue weighted by molar-refractivity contribution is 7.89. The van der Waals surface area contributed by atoms with E-state index in [1.165, 1.54) is 13.2 Å². The fraction of sp³-hybridized carbons (Fsp3) is 0.278. The number of carbonyl (C=O) groups excluding carboxylic acids is 1. The van der Waals surface area contributed by atoms with Gasteiger partial charge in [-0.2, -0.15) is 13.2 Å². The Bertz CT molecular complexity index is 980. The Morgan fingerprint density at radius 3 is 2.52 bits per heavy atom. The second-order valence-corrected chi connectivity index (χ2v) is 7.93. The SMILES string of the molecule is COc1ccc(Cl)cc1COC(=O)CCNS(=O)(=O)c1ccccc1C(F)(F)F. The summed E-state index contributed by atoms with van der Waals surface area (Å²) in [4.78, 5) is 10.9. The molecule has 158 valence electrons. The van der Waals surface area contributed by atoms with Gasteiger partial charge in [0.15, 0.2) is 0 Å². The summed E-state index contributed by atoms with van der Waals surface area (Å²) in [6, 6.07) is 8.51. The number of nitrogens with one attached hydrogen (secondary N) is 1. The molecule has 1 N–H and O–H groups in total. The van der Waals surface area contributed by atoms with E-state index in [1.807, 2.05) is 4.72 Å². The van der Waals surface area contributed by atoms with Crippen LogP contribution in [-0.4, -0.2) is 28.0 Å². The maximum absolute atomic E-state index is 13.0. The fourth-order valence-electron chi connectivity index (χ4n) is 2.39. The third-order valence-electron chi connectivity index (χ3n) is 3.73. The predicted molar refractivity (Wildman–Crippen MR) is 99.0 cm³/mol. The standard InChI is InChI=1S/C18H17ClF3NO5S/c1-27-15-7-6-13(19)10-12(15)11-28-17(24)8-9-23-29(25,26)16-5-3-2-4-14(16)18(20,21)22/h2-7,10,23H,8-9,11H2,1H3. The van der Waals surface area contributed by atoms with Gasteiger partial charge >= 0.3 is 12.1 Å². The first-order chi connectivity index (χ1) is 13.5. The number of benzene rings is 2. The fourth-order valence-corrected chi connectivity index (χ4v) is 3.84. The van der Waals surface area contributed by atoms with E-state index in [9.17, 15) is 26.4 Å². The Kier molecular flexibility index (Phi) is 7.50. The van der Waals surface area contributed by atoms with Crippen molar-refractivity contribution in [2.24, 2.45) is 0 Å². The molecule has 0 saturated heterocycles. The molecule has 0 aliphatic carbocycles. The first-order valence-corrected chi connectivity index (χ1v) is 10.0. The van der Waals surface area contributed by atoms with Crippen molar-refractivity contribution in [3.8, 4) is 5.75 Å². The summed E-state index contributed by atoms with van der Waals surface area (Å²) < 4.78 is 75.5. The molecule has 0 aliphatic heterocycles. The second-order valence-electron chi connectivity index (χ2n) is 5.76. The molecule has 0 amide bonds. The number of esters is 1. The van der Waals surface area contributed by atoms with Crippen LogP contribution < -0.4 is 9.46 Å². The van der Waals surface area contributed by atoms with E-state index in [0.717, 1.165) is 12.1 Å². The van der Waals surface area contributed by atoms with Crippen LogP contribution in [0.2, 0.25) is 5.02 Å². The minimum absolute atomic E-state index is 0.160. The first-order valence-electron chi connectivity index (χ1n) is 8.18. The molecule has 2 aromatic rings. The van der Waals surface area contributed by atoms with E-state index in [2.05, 4.69) is 0 Å². The van der Waals surface area contributed by atoms with Gasteiger partial charge < -0.3 is 9.47 Å². The average Bonchev–Trinajstić information content (AvgIpc) is 2.65. The van der Waals surface area contributed by atoms with Crippen LogP contribution in [0.15, 0.2) is 47.4 Å². The van der Waals surface area contributed by atoms with Crippen molar-refractivity contribution in [1.29, 1.82) is 0 Å². The van der Waals surface area contributed by atoms with Gasteiger partial charge in [0.1, 0.15) is 12.4 Å². The minimum Gasteiger partial charge on any atom is -0.496 e. The quantitative estimate of drug-likeness (QED) is 0.618. The van der Waals surface area contributed by atoms with Crippen LogP contribution in [-0.2, 0) is 32.3 Å². The monoisotopic (exact) mass is 451 g/mol. The summed E-state index contributed by atoms with van der Waals surface area (Å²) >= 11 is 5.87. The summed E-state index contributed by atoms with van der Waals surface area (Å²) in [5.74, 6) is -0.300. The number of carbonyl (C=O) groups is 1. The number of hydrogen-bond acceptors (Lipinski definition) is 5. The summed E-state index contributed by atoms with van der Waals surface area (Å²) in [6.07, 6.45) is -5.21. The van der Waals surface area contributed by atoms with Crippen LogP contribution in [0.5, 0.6) is 5.75 Å². The Morgan fingerprint density at radius 1 is 1.17 bits per heavy atom. The van der Waals surface area contributed by atoms with Gasteiger partial charge in [-0.3, -0.25) is 4.79 Å². The molecule has 0 aromatic heterocycles. The van der Waals surface area contributed by atoms with Crippen molar-refractivity contribution in [1.82, 2.24) is 4.72 Å². The molecule has 6 nitrogen and oxygen atoms in total. The van der Waals surface area contributed by atoms with Gasteiger partial charge in [0.25, 0.3) is 0 Å². The Hall–Kier alpha value is -2.30. The van der Waals surface area contributed by atoms with Gasteiger partial charge in [0.05, 0.1) is 24.0 Å². The van der Waals surface area contributed by atoms with Gasteiger partial charge in [-0.05, 0) is 30.3 Å². The lowest BCUT2D eigenvalue weighted by atomic mass is 10.2. The van der Waals surface area contributed by atoms with Gasteiger partial charge in [-0.15, -0.1) is 0 Å². The van der Waals surface area contributed by atoms with Crippen molar-refractivity contribution < 1.29 is 35.9 Å². The maximum atomic E-state index is 13.0. The largest absolute Gasteiger partial charge is 0.496 e. The van der Waals surface area contributed by atoms with Gasteiger partial charge in [-0.25, -0.2) is 13.1 Å². The van der Waals surface area contributed by atoms with Crippen molar-refractivity contribution in [3.63, 3.8) is 0 Å². The predicted octanol–water partition coefficient (Wildman–Crippen LogP) is 3.78. The highest BCUT2D eigenvalue weighted by atomic mass is 35.5. The molecule has 2 rings (SSSR count). The smallest absolute Gasteiger partial charge is 0.417 e. The number of hydrogen-bond donors (Lipinski definition) is 1. The number of methoxy groups -OCH3 is 1.